The van der Waals surface area contributed by atoms with E-state index in [9.17, 15) is 14.3 Å². The third-order valence-corrected chi connectivity index (χ3v) is 3.38. The third-order valence-electron chi connectivity index (χ3n) is 3.38. The number of halogens is 1. The molecule has 1 amide bonds. The standard InChI is InChI=1S/C18H20FNO3/c19-16-7-3-8-17(11-16)23-10-4-9-18(22)20-12-14-5-1-2-6-15(14)13-21/h1-3,5-8,11,21H,4,9-10,12-13H2,(H,20,22). The molecule has 0 aromatic heterocycles. The molecule has 0 spiro atoms. The number of amides is 1. The Labute approximate surface area is 134 Å². The van der Waals surface area contributed by atoms with Crippen molar-refractivity contribution in [1.82, 2.24) is 5.32 Å². The van der Waals surface area contributed by atoms with Crippen LogP contribution in [0.4, 0.5) is 4.39 Å². The monoisotopic (exact) mass is 317 g/mol. The first-order valence-corrected chi connectivity index (χ1v) is 7.52. The van der Waals surface area contributed by atoms with E-state index in [0.717, 1.165) is 11.1 Å². The van der Waals surface area contributed by atoms with Crippen LogP contribution in [0.25, 0.3) is 0 Å². The van der Waals surface area contributed by atoms with Gasteiger partial charge in [-0.2, -0.15) is 0 Å². The van der Waals surface area contributed by atoms with Crippen molar-refractivity contribution in [3.8, 4) is 5.75 Å². The lowest BCUT2D eigenvalue weighted by Gasteiger charge is -2.09. The second-order valence-corrected chi connectivity index (χ2v) is 5.11. The molecule has 23 heavy (non-hydrogen) atoms. The molecule has 0 unspecified atom stereocenters. The number of carbonyl (C=O) groups is 1. The molecule has 5 heteroatoms. The van der Waals surface area contributed by atoms with Crippen molar-refractivity contribution in [3.05, 3.63) is 65.5 Å². The summed E-state index contributed by atoms with van der Waals surface area (Å²) in [6, 6.07) is 13.3. The molecule has 0 saturated heterocycles. The van der Waals surface area contributed by atoms with Crippen molar-refractivity contribution >= 4 is 5.91 Å². The average Bonchev–Trinajstić information content (AvgIpc) is 2.57. The number of hydrogen-bond donors (Lipinski definition) is 2. The molecule has 0 saturated carbocycles. The minimum absolute atomic E-state index is 0.0481. The Hall–Kier alpha value is -2.40. The summed E-state index contributed by atoms with van der Waals surface area (Å²) in [5.41, 5.74) is 1.71. The number of aliphatic hydroxyl groups is 1. The zero-order valence-corrected chi connectivity index (χ0v) is 12.8. The lowest BCUT2D eigenvalue weighted by molar-refractivity contribution is -0.121. The van der Waals surface area contributed by atoms with Crippen LogP contribution in [-0.4, -0.2) is 17.6 Å². The van der Waals surface area contributed by atoms with Crippen LogP contribution in [0.2, 0.25) is 0 Å². The molecule has 0 fully saturated rings. The molecule has 0 aliphatic rings. The Balaban J connectivity index is 1.67. The molecule has 0 aliphatic heterocycles. The molecule has 4 nitrogen and oxygen atoms in total. The molecule has 0 aliphatic carbocycles. The lowest BCUT2D eigenvalue weighted by atomic mass is 10.1. The molecule has 0 heterocycles. The minimum Gasteiger partial charge on any atom is -0.493 e. The van der Waals surface area contributed by atoms with Gasteiger partial charge in [0.1, 0.15) is 11.6 Å². The smallest absolute Gasteiger partial charge is 0.220 e. The highest BCUT2D eigenvalue weighted by Gasteiger charge is 2.05. The quantitative estimate of drug-likeness (QED) is 0.736. The van der Waals surface area contributed by atoms with Crippen molar-refractivity contribution in [2.45, 2.75) is 26.0 Å². The van der Waals surface area contributed by atoms with Gasteiger partial charge in [-0.1, -0.05) is 30.3 Å². The van der Waals surface area contributed by atoms with Crippen LogP contribution in [0.15, 0.2) is 48.5 Å². The fourth-order valence-electron chi connectivity index (χ4n) is 2.15. The predicted molar refractivity (Wildman–Crippen MR) is 85.3 cm³/mol. The SMILES string of the molecule is O=C(CCCOc1cccc(F)c1)NCc1ccccc1CO. The van der Waals surface area contributed by atoms with Gasteiger partial charge in [0.05, 0.1) is 13.2 Å². The number of ether oxygens (including phenoxy) is 1. The van der Waals surface area contributed by atoms with Crippen LogP contribution in [0.3, 0.4) is 0 Å². The van der Waals surface area contributed by atoms with Gasteiger partial charge in [0.15, 0.2) is 0 Å². The van der Waals surface area contributed by atoms with Crippen molar-refractivity contribution in [2.24, 2.45) is 0 Å². The molecular weight excluding hydrogens is 297 g/mol. The summed E-state index contributed by atoms with van der Waals surface area (Å²) < 4.78 is 18.3. The first-order valence-electron chi connectivity index (χ1n) is 7.52. The average molecular weight is 317 g/mol. The molecular formula is C18H20FNO3. The number of rotatable bonds is 8. The summed E-state index contributed by atoms with van der Waals surface area (Å²) in [6.07, 6.45) is 0.876. The minimum atomic E-state index is -0.345. The highest BCUT2D eigenvalue weighted by molar-refractivity contribution is 5.75. The zero-order valence-electron chi connectivity index (χ0n) is 12.8. The topological polar surface area (TPSA) is 58.6 Å². The van der Waals surface area contributed by atoms with E-state index in [2.05, 4.69) is 5.32 Å². The lowest BCUT2D eigenvalue weighted by Crippen LogP contribution is -2.23. The van der Waals surface area contributed by atoms with E-state index in [1.54, 1.807) is 12.1 Å². The van der Waals surface area contributed by atoms with E-state index >= 15 is 0 Å². The van der Waals surface area contributed by atoms with Gasteiger partial charge in [-0.05, 0) is 29.7 Å². The van der Waals surface area contributed by atoms with Crippen LogP contribution in [0.1, 0.15) is 24.0 Å². The van der Waals surface area contributed by atoms with Gasteiger partial charge in [-0.15, -0.1) is 0 Å². The summed E-state index contributed by atoms with van der Waals surface area (Å²) in [5.74, 6) is 0.0330. The number of hydrogen-bond acceptors (Lipinski definition) is 3. The fourth-order valence-corrected chi connectivity index (χ4v) is 2.15. The molecule has 0 bridgehead atoms. The van der Waals surface area contributed by atoms with Crippen molar-refractivity contribution < 1.29 is 19.0 Å². The van der Waals surface area contributed by atoms with Crippen LogP contribution < -0.4 is 10.1 Å². The summed E-state index contributed by atoms with van der Waals surface area (Å²) in [5, 5.41) is 12.0. The second-order valence-electron chi connectivity index (χ2n) is 5.11. The third kappa shape index (κ3) is 5.71. The van der Waals surface area contributed by atoms with Crippen molar-refractivity contribution in [2.75, 3.05) is 6.61 Å². The molecule has 2 aromatic carbocycles. The van der Waals surface area contributed by atoms with Gasteiger partial charge in [-0.3, -0.25) is 4.79 Å². The molecule has 2 aromatic rings. The Bertz CT molecular complexity index is 646. The summed E-state index contributed by atoms with van der Waals surface area (Å²) >= 11 is 0. The van der Waals surface area contributed by atoms with Gasteiger partial charge in [0.2, 0.25) is 5.91 Å². The summed E-state index contributed by atoms with van der Waals surface area (Å²) in [6.45, 7) is 0.692. The largest absolute Gasteiger partial charge is 0.493 e. The van der Waals surface area contributed by atoms with Crippen LogP contribution >= 0.6 is 0 Å². The van der Waals surface area contributed by atoms with Gasteiger partial charge < -0.3 is 15.2 Å². The van der Waals surface area contributed by atoms with Gasteiger partial charge in [0, 0.05) is 19.0 Å². The van der Waals surface area contributed by atoms with E-state index in [4.69, 9.17) is 4.74 Å². The maximum Gasteiger partial charge on any atom is 0.220 e. The zero-order chi connectivity index (χ0) is 16.5. The normalized spacial score (nSPS) is 10.3. The number of carbonyl (C=O) groups excluding carboxylic acids is 1. The Morgan fingerprint density at radius 3 is 2.65 bits per heavy atom. The Morgan fingerprint density at radius 2 is 1.91 bits per heavy atom. The van der Waals surface area contributed by atoms with E-state index in [1.165, 1.54) is 12.1 Å². The number of aliphatic hydroxyl groups excluding tert-OH is 1. The second kappa shape index (κ2) is 8.90. The van der Waals surface area contributed by atoms with Crippen LogP contribution in [-0.2, 0) is 17.9 Å². The molecule has 2 N–H and O–H groups in total. The maximum absolute atomic E-state index is 13.0. The van der Waals surface area contributed by atoms with Crippen molar-refractivity contribution in [3.63, 3.8) is 0 Å². The Kier molecular flexibility index (Phi) is 6.56. The molecule has 122 valence electrons. The first kappa shape index (κ1) is 17.0. The van der Waals surface area contributed by atoms with E-state index < -0.39 is 0 Å². The van der Waals surface area contributed by atoms with E-state index in [1.807, 2.05) is 24.3 Å². The van der Waals surface area contributed by atoms with Crippen LogP contribution in [0, 0.1) is 5.82 Å². The first-order chi connectivity index (χ1) is 11.2. The molecule has 2 rings (SSSR count). The summed E-state index contributed by atoms with van der Waals surface area (Å²) in [7, 11) is 0. The highest BCUT2D eigenvalue weighted by atomic mass is 19.1. The Morgan fingerprint density at radius 1 is 1.13 bits per heavy atom. The predicted octanol–water partition coefficient (Wildman–Crippen LogP) is 2.79. The maximum atomic E-state index is 13.0. The number of benzene rings is 2. The van der Waals surface area contributed by atoms with E-state index in [-0.39, 0.29) is 18.3 Å². The van der Waals surface area contributed by atoms with Gasteiger partial charge in [-0.25, -0.2) is 4.39 Å². The number of nitrogens with one attached hydrogen (secondary N) is 1. The molecule has 0 radical (unpaired) electrons. The van der Waals surface area contributed by atoms with Gasteiger partial charge in [0.25, 0.3) is 0 Å². The summed E-state index contributed by atoms with van der Waals surface area (Å²) in [4.78, 5) is 11.8. The van der Waals surface area contributed by atoms with Gasteiger partial charge >= 0.3 is 0 Å². The molecule has 0 atom stereocenters. The van der Waals surface area contributed by atoms with Crippen LogP contribution in [0.5, 0.6) is 5.75 Å². The van der Waals surface area contributed by atoms with E-state index in [0.29, 0.717) is 31.7 Å². The fraction of sp³-hybridized carbons (Fsp3) is 0.278. The highest BCUT2D eigenvalue weighted by Crippen LogP contribution is 2.12. The van der Waals surface area contributed by atoms with Crippen molar-refractivity contribution in [1.29, 1.82) is 0 Å².